The third-order valence-electron chi connectivity index (χ3n) is 2.94. The first kappa shape index (κ1) is 12.7. The zero-order chi connectivity index (χ0) is 13.0. The summed E-state index contributed by atoms with van der Waals surface area (Å²) in [5.41, 5.74) is 2.84. The van der Waals surface area contributed by atoms with Gasteiger partial charge in [0.15, 0.2) is 0 Å². The Bertz CT molecular complexity index is 495. The molecule has 0 amide bonds. The third kappa shape index (κ3) is 2.73. The van der Waals surface area contributed by atoms with Gasteiger partial charge in [-0.25, -0.2) is 9.97 Å². The van der Waals surface area contributed by atoms with Crippen molar-refractivity contribution >= 4 is 0 Å². The molecule has 0 spiro atoms. The van der Waals surface area contributed by atoms with Gasteiger partial charge in [-0.3, -0.25) is 4.68 Å². The summed E-state index contributed by atoms with van der Waals surface area (Å²) in [6.07, 6.45) is 5.61. The molecule has 0 aliphatic rings. The number of rotatable bonds is 5. The van der Waals surface area contributed by atoms with Crippen molar-refractivity contribution < 1.29 is 5.11 Å². The SMILES string of the molecule is CCc1cc(CC(O)c2cncnc2)n(CC)n1. The molecule has 0 aliphatic carbocycles. The number of aryl methyl sites for hydroxylation is 2. The normalized spacial score (nSPS) is 12.6. The van der Waals surface area contributed by atoms with Crippen molar-refractivity contribution in [3.8, 4) is 0 Å². The second kappa shape index (κ2) is 5.73. The van der Waals surface area contributed by atoms with Gasteiger partial charge in [-0.1, -0.05) is 6.92 Å². The lowest BCUT2D eigenvalue weighted by Crippen LogP contribution is -2.08. The molecule has 0 bridgehead atoms. The Morgan fingerprint density at radius 3 is 2.61 bits per heavy atom. The molecule has 1 atom stereocenters. The van der Waals surface area contributed by atoms with Gasteiger partial charge >= 0.3 is 0 Å². The van der Waals surface area contributed by atoms with Gasteiger partial charge in [0, 0.05) is 36.6 Å². The van der Waals surface area contributed by atoms with E-state index in [0.29, 0.717) is 6.42 Å². The number of aliphatic hydroxyl groups excluding tert-OH is 1. The first-order valence-corrected chi connectivity index (χ1v) is 6.23. The fraction of sp³-hybridized carbons (Fsp3) is 0.462. The summed E-state index contributed by atoms with van der Waals surface area (Å²) in [5, 5.41) is 14.6. The first-order valence-electron chi connectivity index (χ1n) is 6.23. The van der Waals surface area contributed by atoms with E-state index in [0.717, 1.165) is 29.9 Å². The minimum Gasteiger partial charge on any atom is -0.388 e. The minimum atomic E-state index is -0.585. The number of aromatic nitrogens is 4. The molecule has 2 aromatic heterocycles. The molecule has 5 heteroatoms. The van der Waals surface area contributed by atoms with E-state index in [4.69, 9.17) is 0 Å². The van der Waals surface area contributed by atoms with Crippen LogP contribution in [-0.4, -0.2) is 24.9 Å². The van der Waals surface area contributed by atoms with E-state index in [2.05, 4.69) is 28.1 Å². The standard InChI is InChI=1S/C13H18N4O/c1-3-11-5-12(17(4-2)16-11)6-13(18)10-7-14-9-15-8-10/h5,7-9,13,18H,3-4,6H2,1-2H3. The fourth-order valence-electron chi connectivity index (χ4n) is 1.92. The van der Waals surface area contributed by atoms with E-state index in [1.54, 1.807) is 12.4 Å². The highest BCUT2D eigenvalue weighted by atomic mass is 16.3. The second-order valence-electron chi connectivity index (χ2n) is 4.19. The highest BCUT2D eigenvalue weighted by Gasteiger charge is 2.13. The zero-order valence-corrected chi connectivity index (χ0v) is 10.7. The Balaban J connectivity index is 2.16. The van der Waals surface area contributed by atoms with Crippen LogP contribution in [0, 0.1) is 0 Å². The van der Waals surface area contributed by atoms with E-state index in [1.165, 1.54) is 6.33 Å². The smallest absolute Gasteiger partial charge is 0.115 e. The van der Waals surface area contributed by atoms with Crippen molar-refractivity contribution in [3.05, 3.63) is 41.7 Å². The number of hydrogen-bond donors (Lipinski definition) is 1. The third-order valence-corrected chi connectivity index (χ3v) is 2.94. The molecule has 96 valence electrons. The molecule has 5 nitrogen and oxygen atoms in total. The zero-order valence-electron chi connectivity index (χ0n) is 10.7. The van der Waals surface area contributed by atoms with Crippen LogP contribution in [0.5, 0.6) is 0 Å². The summed E-state index contributed by atoms with van der Waals surface area (Å²) in [6, 6.07) is 2.05. The van der Waals surface area contributed by atoms with Gasteiger partial charge in [-0.05, 0) is 19.4 Å². The molecule has 0 saturated heterocycles. The Hall–Kier alpha value is -1.75. The van der Waals surface area contributed by atoms with Gasteiger partial charge in [0.25, 0.3) is 0 Å². The van der Waals surface area contributed by atoms with Gasteiger partial charge in [0.1, 0.15) is 6.33 Å². The molecule has 2 heterocycles. The molecule has 0 aliphatic heterocycles. The van der Waals surface area contributed by atoms with E-state index in [1.807, 2.05) is 11.6 Å². The van der Waals surface area contributed by atoms with Gasteiger partial charge in [0.05, 0.1) is 11.8 Å². The second-order valence-corrected chi connectivity index (χ2v) is 4.19. The van der Waals surface area contributed by atoms with Gasteiger partial charge in [-0.2, -0.15) is 5.10 Å². The number of aliphatic hydroxyl groups is 1. The lowest BCUT2D eigenvalue weighted by Gasteiger charge is -2.10. The van der Waals surface area contributed by atoms with Crippen molar-refractivity contribution in [2.75, 3.05) is 0 Å². The number of hydrogen-bond acceptors (Lipinski definition) is 4. The van der Waals surface area contributed by atoms with Crippen molar-refractivity contribution in [2.24, 2.45) is 0 Å². The van der Waals surface area contributed by atoms with Crippen LogP contribution in [0.3, 0.4) is 0 Å². The van der Waals surface area contributed by atoms with Gasteiger partial charge in [0.2, 0.25) is 0 Å². The van der Waals surface area contributed by atoms with Crippen LogP contribution in [0.15, 0.2) is 24.8 Å². The molecule has 0 aromatic carbocycles. The average Bonchev–Trinajstić information content (AvgIpc) is 2.82. The first-order chi connectivity index (χ1) is 8.74. The fourth-order valence-corrected chi connectivity index (χ4v) is 1.92. The van der Waals surface area contributed by atoms with Crippen molar-refractivity contribution in [2.45, 2.75) is 39.3 Å². The largest absolute Gasteiger partial charge is 0.388 e. The predicted octanol–water partition coefficient (Wildman–Crippen LogP) is 1.53. The summed E-state index contributed by atoms with van der Waals surface area (Å²) in [7, 11) is 0. The summed E-state index contributed by atoms with van der Waals surface area (Å²) >= 11 is 0. The van der Waals surface area contributed by atoms with E-state index in [9.17, 15) is 5.11 Å². The number of nitrogens with zero attached hydrogens (tertiary/aromatic N) is 4. The Morgan fingerprint density at radius 2 is 2.00 bits per heavy atom. The molecule has 1 N–H and O–H groups in total. The van der Waals surface area contributed by atoms with Crippen LogP contribution in [0.1, 0.15) is 36.9 Å². The van der Waals surface area contributed by atoms with E-state index < -0.39 is 6.10 Å². The van der Waals surface area contributed by atoms with Crippen molar-refractivity contribution in [1.82, 2.24) is 19.7 Å². The van der Waals surface area contributed by atoms with Crippen LogP contribution in [-0.2, 0) is 19.4 Å². The molecule has 0 radical (unpaired) electrons. The Kier molecular flexibility index (Phi) is 4.04. The highest BCUT2D eigenvalue weighted by Crippen LogP contribution is 2.17. The summed E-state index contributed by atoms with van der Waals surface area (Å²) in [6.45, 7) is 4.94. The maximum atomic E-state index is 10.2. The lowest BCUT2D eigenvalue weighted by molar-refractivity contribution is 0.174. The molecule has 18 heavy (non-hydrogen) atoms. The van der Waals surface area contributed by atoms with Crippen molar-refractivity contribution in [3.63, 3.8) is 0 Å². The maximum Gasteiger partial charge on any atom is 0.115 e. The van der Waals surface area contributed by atoms with Crippen LogP contribution < -0.4 is 0 Å². The van der Waals surface area contributed by atoms with Crippen LogP contribution in [0.4, 0.5) is 0 Å². The van der Waals surface area contributed by atoms with Gasteiger partial charge < -0.3 is 5.11 Å². The monoisotopic (exact) mass is 246 g/mol. The predicted molar refractivity (Wildman–Crippen MR) is 68.0 cm³/mol. The molecule has 1 unspecified atom stereocenters. The molecule has 2 rings (SSSR count). The summed E-state index contributed by atoms with van der Waals surface area (Å²) in [5.74, 6) is 0. The molecule has 0 saturated carbocycles. The molecule has 0 fully saturated rings. The van der Waals surface area contributed by atoms with Gasteiger partial charge in [-0.15, -0.1) is 0 Å². The Labute approximate surface area is 107 Å². The van der Waals surface area contributed by atoms with Crippen LogP contribution in [0.25, 0.3) is 0 Å². The minimum absolute atomic E-state index is 0.536. The molecule has 2 aromatic rings. The van der Waals surface area contributed by atoms with Crippen LogP contribution >= 0.6 is 0 Å². The molecular formula is C13H18N4O. The maximum absolute atomic E-state index is 10.2. The highest BCUT2D eigenvalue weighted by molar-refractivity contribution is 5.15. The quantitative estimate of drug-likeness (QED) is 0.869. The topological polar surface area (TPSA) is 63.8 Å². The lowest BCUT2D eigenvalue weighted by atomic mass is 10.1. The Morgan fingerprint density at radius 1 is 1.28 bits per heavy atom. The van der Waals surface area contributed by atoms with E-state index >= 15 is 0 Å². The summed E-state index contributed by atoms with van der Waals surface area (Å²) in [4.78, 5) is 7.84. The summed E-state index contributed by atoms with van der Waals surface area (Å²) < 4.78 is 1.94. The van der Waals surface area contributed by atoms with Crippen molar-refractivity contribution in [1.29, 1.82) is 0 Å². The average molecular weight is 246 g/mol. The van der Waals surface area contributed by atoms with Crippen LogP contribution in [0.2, 0.25) is 0 Å². The molecular weight excluding hydrogens is 228 g/mol. The van der Waals surface area contributed by atoms with E-state index in [-0.39, 0.29) is 0 Å².